The van der Waals surface area contributed by atoms with Gasteiger partial charge in [-0.25, -0.2) is 0 Å². The Bertz CT molecular complexity index is 742. The summed E-state index contributed by atoms with van der Waals surface area (Å²) in [5.41, 5.74) is 1.67. The number of nitrogens with zero attached hydrogens (tertiary/aromatic N) is 1. The molecule has 0 heterocycles. The van der Waals surface area contributed by atoms with Gasteiger partial charge in [0.05, 0.1) is 40.6 Å². The normalized spacial score (nSPS) is 23.4. The van der Waals surface area contributed by atoms with Crippen LogP contribution in [0, 0.1) is 23.2 Å². The van der Waals surface area contributed by atoms with E-state index in [4.69, 9.17) is 24.1 Å². The molecule has 6 nitrogen and oxygen atoms in total. The van der Waals surface area contributed by atoms with Gasteiger partial charge < -0.3 is 24.1 Å². The number of methoxy groups -OCH3 is 2. The van der Waals surface area contributed by atoms with Crippen LogP contribution in [0.25, 0.3) is 0 Å². The van der Waals surface area contributed by atoms with E-state index >= 15 is 0 Å². The topological polar surface area (TPSA) is 60.4 Å². The maximum absolute atomic E-state index is 8.98. The van der Waals surface area contributed by atoms with Gasteiger partial charge in [-0.15, -0.1) is 0 Å². The van der Waals surface area contributed by atoms with Crippen molar-refractivity contribution in [2.45, 2.75) is 46.1 Å². The third-order valence-electron chi connectivity index (χ3n) is 7.92. The molecule has 2 bridgehead atoms. The molecule has 3 saturated carbocycles. The molecule has 0 saturated heterocycles. The molecule has 3 fully saturated rings. The first-order chi connectivity index (χ1) is 15.9. The molecule has 0 aromatic heterocycles. The molecule has 7 heteroatoms. The van der Waals surface area contributed by atoms with Crippen molar-refractivity contribution in [1.29, 1.82) is 0 Å². The lowest BCUT2D eigenvalue weighted by molar-refractivity contribution is -0.111. The third-order valence-corrected chi connectivity index (χ3v) is 8.66. The van der Waals surface area contributed by atoms with Gasteiger partial charge in [-0.3, -0.25) is 4.90 Å². The third kappa shape index (κ3) is 6.85. The van der Waals surface area contributed by atoms with Gasteiger partial charge in [0.25, 0.3) is 0 Å². The van der Waals surface area contributed by atoms with Crippen molar-refractivity contribution < 1.29 is 24.1 Å². The van der Waals surface area contributed by atoms with Crippen LogP contribution in [-0.2, 0) is 16.0 Å². The molecule has 3 aliphatic rings. The highest BCUT2D eigenvalue weighted by Crippen LogP contribution is 2.61. The second-order valence-corrected chi connectivity index (χ2v) is 10.9. The first-order valence-corrected chi connectivity index (χ1v) is 13.1. The summed E-state index contributed by atoms with van der Waals surface area (Å²) >= 11 is 3.67. The lowest BCUT2D eigenvalue weighted by atomic mass is 9.45. The zero-order valence-corrected chi connectivity index (χ0v) is 22.4. The summed E-state index contributed by atoms with van der Waals surface area (Å²) in [6.45, 7) is 9.79. The number of ether oxygens (including phenoxy) is 4. The number of fused-ring (bicyclic) bond motifs is 2. The lowest BCUT2D eigenvalue weighted by Crippen LogP contribution is -2.52. The van der Waals surface area contributed by atoms with Gasteiger partial charge in [-0.05, 0) is 66.5 Å². The van der Waals surface area contributed by atoms with Gasteiger partial charge in [-0.1, -0.05) is 29.8 Å². The van der Waals surface area contributed by atoms with E-state index in [1.165, 1.54) is 25.7 Å². The molecule has 188 valence electrons. The van der Waals surface area contributed by atoms with E-state index in [2.05, 4.69) is 34.7 Å². The van der Waals surface area contributed by atoms with Crippen LogP contribution in [0.4, 0.5) is 0 Å². The first-order valence-electron chi connectivity index (χ1n) is 12.3. The van der Waals surface area contributed by atoms with Crippen LogP contribution in [0.3, 0.4) is 0 Å². The Morgan fingerprint density at radius 1 is 1.00 bits per heavy atom. The first kappa shape index (κ1) is 26.7. The smallest absolute Gasteiger partial charge is 0.161 e. The molecule has 1 aromatic carbocycles. The molecule has 4 rings (SSSR count). The molecular weight excluding hydrogens is 486 g/mol. The molecule has 33 heavy (non-hydrogen) atoms. The number of benzene rings is 1. The minimum Gasteiger partial charge on any atom is -0.493 e. The standard InChI is InChI=1S/C26H42BrNO5/c1-26(2)21-6-5-19(22(26)16-21)7-11-32-12-8-28(9-13-33-14-10-29)18-20-15-24(30-3)25(31-4)17-23(20)27/h15,17,19,21-22,29H,5-14,16,18H2,1-4H3. The Labute approximate surface area is 208 Å². The maximum Gasteiger partial charge on any atom is 0.161 e. The monoisotopic (exact) mass is 527 g/mol. The molecule has 0 aliphatic heterocycles. The SMILES string of the molecule is COc1cc(Br)c(CN(CCOCCO)CCOCCC2CCC3CC2C3(C)C)cc1OC. The van der Waals surface area contributed by atoms with Crippen molar-refractivity contribution in [3.63, 3.8) is 0 Å². The van der Waals surface area contributed by atoms with Crippen molar-refractivity contribution in [3.8, 4) is 11.5 Å². The van der Waals surface area contributed by atoms with Crippen molar-refractivity contribution in [2.24, 2.45) is 23.2 Å². The summed E-state index contributed by atoms with van der Waals surface area (Å²) in [6.07, 6.45) is 5.39. The van der Waals surface area contributed by atoms with Crippen LogP contribution in [0.15, 0.2) is 16.6 Å². The lowest BCUT2D eigenvalue weighted by Gasteiger charge is -2.60. The number of aliphatic hydroxyl groups excluding tert-OH is 1. The van der Waals surface area contributed by atoms with E-state index in [0.717, 1.165) is 59.8 Å². The summed E-state index contributed by atoms with van der Waals surface area (Å²) in [5.74, 6) is 4.10. The zero-order valence-electron chi connectivity index (χ0n) is 20.8. The predicted octanol–water partition coefficient (Wildman–Crippen LogP) is 4.76. The van der Waals surface area contributed by atoms with Gasteiger partial charge in [-0.2, -0.15) is 0 Å². The fraction of sp³-hybridized carbons (Fsp3) is 0.769. The second-order valence-electron chi connectivity index (χ2n) is 10.0. The van der Waals surface area contributed by atoms with Gasteiger partial charge in [0.15, 0.2) is 11.5 Å². The number of halogens is 1. The molecule has 0 radical (unpaired) electrons. The highest BCUT2D eigenvalue weighted by Gasteiger charge is 2.53. The molecular formula is C26H42BrNO5. The predicted molar refractivity (Wildman–Crippen MR) is 134 cm³/mol. The van der Waals surface area contributed by atoms with Crippen LogP contribution in [0.1, 0.15) is 45.1 Å². The molecule has 3 aliphatic carbocycles. The quantitative estimate of drug-likeness (QED) is 0.332. The second kappa shape index (κ2) is 12.7. The van der Waals surface area contributed by atoms with Gasteiger partial charge in [0.1, 0.15) is 0 Å². The van der Waals surface area contributed by atoms with Gasteiger partial charge in [0, 0.05) is 30.7 Å². The van der Waals surface area contributed by atoms with Crippen LogP contribution in [-0.4, -0.2) is 70.3 Å². The van der Waals surface area contributed by atoms with Crippen LogP contribution in [0.2, 0.25) is 0 Å². The summed E-state index contributed by atoms with van der Waals surface area (Å²) in [7, 11) is 3.30. The largest absolute Gasteiger partial charge is 0.493 e. The highest BCUT2D eigenvalue weighted by atomic mass is 79.9. The van der Waals surface area contributed by atoms with E-state index in [1.54, 1.807) is 14.2 Å². The molecule has 3 atom stereocenters. The average Bonchev–Trinajstić information content (AvgIpc) is 2.82. The Hall–Kier alpha value is -0.860. The fourth-order valence-electron chi connectivity index (χ4n) is 5.73. The van der Waals surface area contributed by atoms with Crippen LogP contribution in [0.5, 0.6) is 11.5 Å². The van der Waals surface area contributed by atoms with Crippen molar-refractivity contribution in [1.82, 2.24) is 4.90 Å². The molecule has 3 unspecified atom stereocenters. The minimum atomic E-state index is 0.0457. The highest BCUT2D eigenvalue weighted by molar-refractivity contribution is 9.10. The number of hydrogen-bond donors (Lipinski definition) is 1. The Kier molecular flexibility index (Phi) is 10.3. The molecule has 0 spiro atoms. The number of rotatable bonds is 15. The number of hydrogen-bond acceptors (Lipinski definition) is 6. The Morgan fingerprint density at radius 2 is 1.67 bits per heavy atom. The molecule has 0 amide bonds. The van der Waals surface area contributed by atoms with Crippen LogP contribution < -0.4 is 9.47 Å². The average molecular weight is 529 g/mol. The van der Waals surface area contributed by atoms with E-state index in [1.807, 2.05) is 12.1 Å². The van der Waals surface area contributed by atoms with E-state index in [9.17, 15) is 0 Å². The molecule has 1 N–H and O–H groups in total. The van der Waals surface area contributed by atoms with Crippen molar-refractivity contribution >= 4 is 15.9 Å². The summed E-state index contributed by atoms with van der Waals surface area (Å²) in [6, 6.07) is 3.96. The molecule has 1 aromatic rings. The summed E-state index contributed by atoms with van der Waals surface area (Å²) < 4.78 is 23.5. The minimum absolute atomic E-state index is 0.0457. The van der Waals surface area contributed by atoms with E-state index in [-0.39, 0.29) is 6.61 Å². The summed E-state index contributed by atoms with van der Waals surface area (Å²) in [4.78, 5) is 2.32. The Morgan fingerprint density at radius 3 is 2.27 bits per heavy atom. The summed E-state index contributed by atoms with van der Waals surface area (Å²) in [5, 5.41) is 8.98. The van der Waals surface area contributed by atoms with E-state index < -0.39 is 0 Å². The van der Waals surface area contributed by atoms with Gasteiger partial charge in [0.2, 0.25) is 0 Å². The zero-order chi connectivity index (χ0) is 23.8. The number of aliphatic hydroxyl groups is 1. The van der Waals surface area contributed by atoms with Crippen molar-refractivity contribution in [2.75, 3.05) is 60.3 Å². The Balaban J connectivity index is 1.48. The van der Waals surface area contributed by atoms with Gasteiger partial charge >= 0.3 is 0 Å². The maximum atomic E-state index is 8.98. The van der Waals surface area contributed by atoms with E-state index in [0.29, 0.717) is 31.0 Å². The van der Waals surface area contributed by atoms with Crippen LogP contribution >= 0.6 is 15.9 Å². The fourth-order valence-corrected chi connectivity index (χ4v) is 6.17. The van der Waals surface area contributed by atoms with Crippen molar-refractivity contribution in [3.05, 3.63) is 22.2 Å².